The third-order valence-corrected chi connectivity index (χ3v) is 4.84. The number of hydrogen-bond donors (Lipinski definition) is 1. The van der Waals surface area contributed by atoms with Gasteiger partial charge in [0.2, 0.25) is 0 Å². The summed E-state index contributed by atoms with van der Waals surface area (Å²) in [5, 5.41) is 9.19. The average Bonchev–Trinajstić information content (AvgIpc) is 3.28. The van der Waals surface area contributed by atoms with Crippen molar-refractivity contribution >= 4 is 5.97 Å². The van der Waals surface area contributed by atoms with Gasteiger partial charge in [0.15, 0.2) is 11.5 Å². The monoisotopic (exact) mass is 319 g/mol. The largest absolute Gasteiger partial charge is 0.493 e. The van der Waals surface area contributed by atoms with Crippen molar-refractivity contribution in [1.29, 1.82) is 0 Å². The van der Waals surface area contributed by atoms with Crippen molar-refractivity contribution in [2.24, 2.45) is 5.92 Å². The third kappa shape index (κ3) is 3.96. The van der Waals surface area contributed by atoms with Crippen LogP contribution in [0.2, 0.25) is 0 Å². The van der Waals surface area contributed by atoms with Gasteiger partial charge in [-0.1, -0.05) is 6.07 Å². The summed E-state index contributed by atoms with van der Waals surface area (Å²) in [5.41, 5.74) is 1.05. The van der Waals surface area contributed by atoms with E-state index in [1.165, 1.54) is 0 Å². The van der Waals surface area contributed by atoms with Gasteiger partial charge < -0.3 is 19.5 Å². The molecule has 0 radical (unpaired) electrons. The van der Waals surface area contributed by atoms with Crippen LogP contribution in [-0.2, 0) is 4.79 Å². The molecular formula is C18H25NO4. The molecule has 2 unspecified atom stereocenters. The van der Waals surface area contributed by atoms with E-state index in [9.17, 15) is 9.90 Å². The molecule has 2 atom stereocenters. The summed E-state index contributed by atoms with van der Waals surface area (Å²) in [6, 6.07) is 5.88. The Balaban J connectivity index is 1.81. The first-order chi connectivity index (χ1) is 11.1. The molecule has 126 valence electrons. The number of carboxylic acids is 1. The lowest BCUT2D eigenvalue weighted by atomic mass is 9.91. The number of methoxy groups -OCH3 is 1. The van der Waals surface area contributed by atoms with Crippen LogP contribution in [0.3, 0.4) is 0 Å². The number of hydrogen-bond acceptors (Lipinski definition) is 4. The first kappa shape index (κ1) is 16.1. The smallest absolute Gasteiger partial charge is 0.303 e. The zero-order valence-corrected chi connectivity index (χ0v) is 13.8. The molecule has 1 saturated heterocycles. The van der Waals surface area contributed by atoms with E-state index in [2.05, 4.69) is 11.9 Å². The van der Waals surface area contributed by atoms with Crippen molar-refractivity contribution in [3.63, 3.8) is 0 Å². The highest BCUT2D eigenvalue weighted by molar-refractivity contribution is 5.68. The molecule has 2 fully saturated rings. The first-order valence-electron chi connectivity index (χ1n) is 8.31. The van der Waals surface area contributed by atoms with Gasteiger partial charge in [0.1, 0.15) is 6.10 Å². The van der Waals surface area contributed by atoms with Crippen LogP contribution in [0, 0.1) is 5.92 Å². The first-order valence-corrected chi connectivity index (χ1v) is 8.31. The maximum Gasteiger partial charge on any atom is 0.303 e. The van der Waals surface area contributed by atoms with Crippen molar-refractivity contribution < 1.29 is 19.4 Å². The van der Waals surface area contributed by atoms with E-state index >= 15 is 0 Å². The maximum absolute atomic E-state index is 11.2. The Kier molecular flexibility index (Phi) is 4.76. The Morgan fingerprint density at radius 3 is 2.70 bits per heavy atom. The van der Waals surface area contributed by atoms with Crippen LogP contribution in [-0.4, -0.2) is 49.3 Å². The Labute approximate surface area is 137 Å². The number of nitrogens with zero attached hydrogens (tertiary/aromatic N) is 1. The minimum Gasteiger partial charge on any atom is -0.493 e. The van der Waals surface area contributed by atoms with Gasteiger partial charge in [0, 0.05) is 13.1 Å². The number of rotatable bonds is 7. The van der Waals surface area contributed by atoms with Crippen molar-refractivity contribution in [3.8, 4) is 11.5 Å². The van der Waals surface area contributed by atoms with Crippen LogP contribution in [0.1, 0.15) is 37.2 Å². The second-order valence-corrected chi connectivity index (χ2v) is 6.74. The molecule has 0 amide bonds. The molecule has 2 aliphatic rings. The molecule has 0 aromatic heterocycles. The molecule has 1 aliphatic carbocycles. The summed E-state index contributed by atoms with van der Waals surface area (Å²) in [4.78, 5) is 13.4. The highest BCUT2D eigenvalue weighted by Crippen LogP contribution is 2.46. The molecule has 1 aromatic rings. The van der Waals surface area contributed by atoms with Crippen molar-refractivity contribution in [3.05, 3.63) is 23.8 Å². The Bertz CT molecular complexity index is 570. The number of likely N-dealkylation sites (tertiary alicyclic amines) is 1. The van der Waals surface area contributed by atoms with Crippen molar-refractivity contribution in [1.82, 2.24) is 4.90 Å². The van der Waals surface area contributed by atoms with Gasteiger partial charge in [-0.15, -0.1) is 0 Å². The van der Waals surface area contributed by atoms with Gasteiger partial charge in [-0.25, -0.2) is 0 Å². The van der Waals surface area contributed by atoms with E-state index in [4.69, 9.17) is 9.47 Å². The molecule has 1 aliphatic heterocycles. The van der Waals surface area contributed by atoms with E-state index in [1.54, 1.807) is 7.11 Å². The van der Waals surface area contributed by atoms with Crippen LogP contribution in [0.25, 0.3) is 0 Å². The van der Waals surface area contributed by atoms with Crippen LogP contribution >= 0.6 is 0 Å². The van der Waals surface area contributed by atoms with Gasteiger partial charge in [-0.3, -0.25) is 4.79 Å². The number of carboxylic acid groups (broad SMARTS) is 1. The quantitative estimate of drug-likeness (QED) is 0.837. The maximum atomic E-state index is 11.2. The molecular weight excluding hydrogens is 294 g/mol. The van der Waals surface area contributed by atoms with Gasteiger partial charge in [-0.05, 0) is 55.8 Å². The second-order valence-electron chi connectivity index (χ2n) is 6.74. The zero-order chi connectivity index (χ0) is 16.4. The summed E-state index contributed by atoms with van der Waals surface area (Å²) >= 11 is 0. The fraction of sp³-hybridized carbons (Fsp3) is 0.611. The number of carbonyl (C=O) groups is 1. The summed E-state index contributed by atoms with van der Waals surface area (Å²) in [6.07, 6.45) is 3.59. The molecule has 5 nitrogen and oxygen atoms in total. The predicted octanol–water partition coefficient (Wildman–Crippen LogP) is 2.75. The zero-order valence-electron chi connectivity index (χ0n) is 13.8. The van der Waals surface area contributed by atoms with Gasteiger partial charge >= 0.3 is 5.97 Å². The van der Waals surface area contributed by atoms with Crippen LogP contribution in [0.5, 0.6) is 11.5 Å². The highest BCUT2D eigenvalue weighted by atomic mass is 16.5. The van der Waals surface area contributed by atoms with E-state index < -0.39 is 5.97 Å². The Morgan fingerprint density at radius 2 is 2.13 bits per heavy atom. The summed E-state index contributed by atoms with van der Waals surface area (Å²) in [7, 11) is 3.73. The standard InChI is InChI=1S/C18H25NO4/c1-19-8-7-14(11-19)23-17-9-13(5-6-16(17)22-2)15(10-18(20)21)12-3-4-12/h5-6,9,12,14-15H,3-4,7-8,10-11H2,1-2H3,(H,20,21). The van der Waals surface area contributed by atoms with Crippen molar-refractivity contribution in [2.75, 3.05) is 27.2 Å². The van der Waals surface area contributed by atoms with Crippen molar-refractivity contribution in [2.45, 2.75) is 37.7 Å². The molecule has 1 aromatic carbocycles. The van der Waals surface area contributed by atoms with E-state index in [0.29, 0.717) is 11.7 Å². The minimum atomic E-state index is -0.738. The molecule has 23 heavy (non-hydrogen) atoms. The summed E-state index contributed by atoms with van der Waals surface area (Å²) in [6.45, 7) is 1.95. The van der Waals surface area contributed by atoms with E-state index in [1.807, 2.05) is 18.2 Å². The fourth-order valence-electron chi connectivity index (χ4n) is 3.43. The molecule has 0 bridgehead atoms. The molecule has 1 saturated carbocycles. The number of aliphatic carboxylic acids is 1. The van der Waals surface area contributed by atoms with Crippen LogP contribution in [0.15, 0.2) is 18.2 Å². The van der Waals surface area contributed by atoms with Gasteiger partial charge in [0.05, 0.1) is 13.5 Å². The minimum absolute atomic E-state index is 0.0759. The molecule has 5 heteroatoms. The number of benzene rings is 1. The predicted molar refractivity (Wildman–Crippen MR) is 87.2 cm³/mol. The van der Waals surface area contributed by atoms with Crippen LogP contribution in [0.4, 0.5) is 0 Å². The number of likely N-dealkylation sites (N-methyl/N-ethyl adjacent to an activating group) is 1. The lowest BCUT2D eigenvalue weighted by molar-refractivity contribution is -0.137. The lowest BCUT2D eigenvalue weighted by Crippen LogP contribution is -2.21. The fourth-order valence-corrected chi connectivity index (χ4v) is 3.43. The third-order valence-electron chi connectivity index (χ3n) is 4.84. The Hall–Kier alpha value is -1.75. The summed E-state index contributed by atoms with van der Waals surface area (Å²) < 4.78 is 11.6. The van der Waals surface area contributed by atoms with E-state index in [-0.39, 0.29) is 18.4 Å². The molecule has 3 rings (SSSR count). The topological polar surface area (TPSA) is 59.0 Å². The number of ether oxygens (including phenoxy) is 2. The molecule has 1 heterocycles. The highest BCUT2D eigenvalue weighted by Gasteiger charge is 2.34. The SMILES string of the molecule is COc1ccc(C(CC(=O)O)C2CC2)cc1OC1CCN(C)C1. The normalized spacial score (nSPS) is 22.8. The Morgan fingerprint density at radius 1 is 1.35 bits per heavy atom. The van der Waals surface area contributed by atoms with Gasteiger partial charge in [0.25, 0.3) is 0 Å². The van der Waals surface area contributed by atoms with E-state index in [0.717, 1.165) is 43.7 Å². The molecule has 1 N–H and O–H groups in total. The summed E-state index contributed by atoms with van der Waals surface area (Å²) in [5.74, 6) is 1.28. The average molecular weight is 319 g/mol. The molecule has 0 spiro atoms. The van der Waals surface area contributed by atoms with Gasteiger partial charge in [-0.2, -0.15) is 0 Å². The van der Waals surface area contributed by atoms with Crippen LogP contribution < -0.4 is 9.47 Å². The second kappa shape index (κ2) is 6.79. The lowest BCUT2D eigenvalue weighted by Gasteiger charge is -2.20.